The molecule has 4 nitrogen and oxygen atoms in total. The Morgan fingerprint density at radius 2 is 0.714 bits per heavy atom. The van der Waals surface area contributed by atoms with Crippen LogP contribution >= 0.6 is 0 Å². The number of fused-ring (bicyclic) bond motifs is 5. The molecule has 0 fully saturated rings. The van der Waals surface area contributed by atoms with Gasteiger partial charge in [0.25, 0.3) is 0 Å². The number of rotatable bonds is 7. The number of furan rings is 1. The van der Waals surface area contributed by atoms with Crippen molar-refractivity contribution in [3.63, 3.8) is 0 Å². The fourth-order valence-electron chi connectivity index (χ4n) is 8.99. The third-order valence-electron chi connectivity index (χ3n) is 12.2. The fourth-order valence-corrected chi connectivity index (χ4v) is 8.99. The van der Waals surface area contributed by atoms with Crippen LogP contribution in [0.3, 0.4) is 0 Å². The molecule has 0 N–H and O–H groups in total. The molecule has 0 saturated heterocycles. The summed E-state index contributed by atoms with van der Waals surface area (Å²) in [6, 6.07) is 78.9. The van der Waals surface area contributed by atoms with E-state index in [-0.39, 0.29) is 0 Å². The van der Waals surface area contributed by atoms with Crippen LogP contribution in [-0.4, -0.2) is 15.0 Å². The van der Waals surface area contributed by atoms with E-state index in [9.17, 15) is 0 Å². The summed E-state index contributed by atoms with van der Waals surface area (Å²) in [7, 11) is 0. The van der Waals surface area contributed by atoms with Gasteiger partial charge in [-0.3, -0.25) is 0 Å². The molecule has 10 aromatic carbocycles. The molecule has 12 rings (SSSR count). The van der Waals surface area contributed by atoms with E-state index >= 15 is 0 Å². The summed E-state index contributed by atoms with van der Waals surface area (Å²) in [4.78, 5) is 15.6. The van der Waals surface area contributed by atoms with Gasteiger partial charge in [-0.25, -0.2) is 15.0 Å². The summed E-state index contributed by atoms with van der Waals surface area (Å²) in [5.74, 6) is 1.84. The molecule has 0 spiro atoms. The summed E-state index contributed by atoms with van der Waals surface area (Å²) < 4.78 is 6.22. The average Bonchev–Trinajstić information content (AvgIpc) is 3.74. The van der Waals surface area contributed by atoms with Gasteiger partial charge in [-0.1, -0.05) is 200 Å². The minimum Gasteiger partial charge on any atom is -0.456 e. The van der Waals surface area contributed by atoms with Crippen molar-refractivity contribution in [3.05, 3.63) is 224 Å². The lowest BCUT2D eigenvalue weighted by Crippen LogP contribution is -2.00. The van der Waals surface area contributed by atoms with Crippen LogP contribution in [0, 0.1) is 0 Å². The van der Waals surface area contributed by atoms with Crippen LogP contribution in [0.15, 0.2) is 229 Å². The van der Waals surface area contributed by atoms with E-state index in [0.29, 0.717) is 17.5 Å². The Kier molecular flexibility index (Phi) is 8.79. The topological polar surface area (TPSA) is 51.8 Å². The SMILES string of the molecule is c1ccc(-c2ccc3c(-c4nc(-c5ccc(-c6ccc7c(c6)oc6ccccc67)cc5)nc(-c5ccc(-c6ccccc6-c6cccc7ccccc67)cc5)n4)cccc3c2)cc1. The highest BCUT2D eigenvalue weighted by Gasteiger charge is 2.17. The van der Waals surface area contributed by atoms with Crippen molar-refractivity contribution in [3.8, 4) is 78.7 Å². The lowest BCUT2D eigenvalue weighted by Gasteiger charge is -2.14. The van der Waals surface area contributed by atoms with Gasteiger partial charge in [-0.2, -0.15) is 0 Å². The molecule has 63 heavy (non-hydrogen) atoms. The number of hydrogen-bond donors (Lipinski definition) is 0. The van der Waals surface area contributed by atoms with Crippen LogP contribution in [0.5, 0.6) is 0 Å². The molecular weight excluding hydrogens is 767 g/mol. The summed E-state index contributed by atoms with van der Waals surface area (Å²) in [6.07, 6.45) is 0. The maximum Gasteiger partial charge on any atom is 0.164 e. The molecule has 0 bridgehead atoms. The van der Waals surface area contributed by atoms with Crippen LogP contribution in [0.4, 0.5) is 0 Å². The highest BCUT2D eigenvalue weighted by atomic mass is 16.3. The van der Waals surface area contributed by atoms with E-state index in [2.05, 4.69) is 200 Å². The van der Waals surface area contributed by atoms with Crippen LogP contribution in [-0.2, 0) is 0 Å². The Balaban J connectivity index is 0.952. The van der Waals surface area contributed by atoms with E-state index in [0.717, 1.165) is 66.1 Å². The normalized spacial score (nSPS) is 11.5. The van der Waals surface area contributed by atoms with Crippen molar-refractivity contribution in [1.82, 2.24) is 15.0 Å². The first-order valence-electron chi connectivity index (χ1n) is 21.2. The molecule has 2 aromatic heterocycles. The van der Waals surface area contributed by atoms with Gasteiger partial charge in [-0.15, -0.1) is 0 Å². The Morgan fingerprint density at radius 1 is 0.238 bits per heavy atom. The zero-order chi connectivity index (χ0) is 41.7. The molecule has 0 atom stereocenters. The molecule has 0 aliphatic rings. The molecule has 2 heterocycles. The molecule has 0 aliphatic carbocycles. The van der Waals surface area contributed by atoms with Crippen LogP contribution < -0.4 is 0 Å². The Bertz CT molecular complexity index is 3660. The van der Waals surface area contributed by atoms with Gasteiger partial charge in [-0.05, 0) is 90.3 Å². The number of hydrogen-bond acceptors (Lipinski definition) is 4. The number of nitrogens with zero attached hydrogens (tertiary/aromatic N) is 3. The Labute approximate surface area is 364 Å². The van der Waals surface area contributed by atoms with Crippen molar-refractivity contribution in [1.29, 1.82) is 0 Å². The molecule has 0 unspecified atom stereocenters. The second-order valence-corrected chi connectivity index (χ2v) is 15.9. The highest BCUT2D eigenvalue weighted by molar-refractivity contribution is 6.06. The minimum absolute atomic E-state index is 0.609. The van der Waals surface area contributed by atoms with E-state index in [1.54, 1.807) is 0 Å². The van der Waals surface area contributed by atoms with Crippen LogP contribution in [0.2, 0.25) is 0 Å². The second kappa shape index (κ2) is 15.2. The molecule has 0 amide bonds. The molecule has 294 valence electrons. The Morgan fingerprint density at radius 3 is 1.49 bits per heavy atom. The van der Waals surface area contributed by atoms with Gasteiger partial charge in [0.05, 0.1) is 0 Å². The monoisotopic (exact) mass is 803 g/mol. The highest BCUT2D eigenvalue weighted by Crippen LogP contribution is 2.38. The summed E-state index contributed by atoms with van der Waals surface area (Å²) in [6.45, 7) is 0. The standard InChI is InChI=1S/C59H37N3O/c1-2-12-38(13-3-1)44-32-34-49-46(36-44)16-11-22-54(49)59-61-57(42-28-24-39(25-29-42)45-33-35-53-52-20-8-9-23-55(52)63-56(53)37-45)60-58(62-59)43-30-26-41(27-31-43)48-18-6-7-19-50(48)51-21-10-15-40-14-4-5-17-47(40)51/h1-37H. The number of para-hydroxylation sites is 1. The molecule has 4 heteroatoms. The Hall–Kier alpha value is -8.47. The van der Waals surface area contributed by atoms with Crippen LogP contribution in [0.1, 0.15) is 0 Å². The lowest BCUT2D eigenvalue weighted by atomic mass is 9.91. The fraction of sp³-hybridized carbons (Fsp3) is 0. The maximum absolute atomic E-state index is 6.22. The van der Waals surface area contributed by atoms with Crippen molar-refractivity contribution in [2.45, 2.75) is 0 Å². The molecular formula is C59H37N3O. The van der Waals surface area contributed by atoms with E-state index in [4.69, 9.17) is 19.4 Å². The van der Waals surface area contributed by atoms with Gasteiger partial charge < -0.3 is 4.42 Å². The van der Waals surface area contributed by atoms with Crippen molar-refractivity contribution in [2.24, 2.45) is 0 Å². The van der Waals surface area contributed by atoms with Gasteiger partial charge in [0.15, 0.2) is 17.5 Å². The summed E-state index contributed by atoms with van der Waals surface area (Å²) in [5.41, 5.74) is 13.7. The van der Waals surface area contributed by atoms with Gasteiger partial charge in [0.1, 0.15) is 11.2 Å². The van der Waals surface area contributed by atoms with Crippen molar-refractivity contribution in [2.75, 3.05) is 0 Å². The van der Waals surface area contributed by atoms with Crippen molar-refractivity contribution < 1.29 is 4.42 Å². The molecule has 0 radical (unpaired) electrons. The summed E-state index contributed by atoms with van der Waals surface area (Å²) in [5, 5.41) is 6.90. The van der Waals surface area contributed by atoms with Gasteiger partial charge >= 0.3 is 0 Å². The van der Waals surface area contributed by atoms with E-state index < -0.39 is 0 Å². The summed E-state index contributed by atoms with van der Waals surface area (Å²) >= 11 is 0. The smallest absolute Gasteiger partial charge is 0.164 e. The first-order valence-corrected chi connectivity index (χ1v) is 21.2. The van der Waals surface area contributed by atoms with Gasteiger partial charge in [0.2, 0.25) is 0 Å². The third-order valence-corrected chi connectivity index (χ3v) is 12.2. The average molecular weight is 804 g/mol. The molecule has 0 aliphatic heterocycles. The third kappa shape index (κ3) is 6.62. The minimum atomic E-state index is 0.609. The predicted molar refractivity (Wildman–Crippen MR) is 260 cm³/mol. The quantitative estimate of drug-likeness (QED) is 0.161. The number of aromatic nitrogens is 3. The number of benzene rings is 10. The molecule has 12 aromatic rings. The van der Waals surface area contributed by atoms with Crippen LogP contribution in [0.25, 0.3) is 122 Å². The van der Waals surface area contributed by atoms with E-state index in [1.165, 1.54) is 38.6 Å². The predicted octanol–water partition coefficient (Wildman–Crippen LogP) is 15.7. The van der Waals surface area contributed by atoms with Gasteiger partial charge in [0, 0.05) is 27.5 Å². The zero-order valence-electron chi connectivity index (χ0n) is 34.1. The first kappa shape index (κ1) is 36.4. The largest absolute Gasteiger partial charge is 0.456 e. The lowest BCUT2D eigenvalue weighted by molar-refractivity contribution is 0.669. The van der Waals surface area contributed by atoms with E-state index in [1.807, 2.05) is 24.3 Å². The second-order valence-electron chi connectivity index (χ2n) is 15.9. The maximum atomic E-state index is 6.22. The zero-order valence-corrected chi connectivity index (χ0v) is 34.1. The van der Waals surface area contributed by atoms with Crippen molar-refractivity contribution >= 4 is 43.5 Å². The molecule has 0 saturated carbocycles. The first-order chi connectivity index (χ1) is 31.2.